The Bertz CT molecular complexity index is 726. The van der Waals surface area contributed by atoms with Gasteiger partial charge in [0.05, 0.1) is 19.3 Å². The molecule has 0 aliphatic carbocycles. The van der Waals surface area contributed by atoms with Crippen molar-refractivity contribution in [3.8, 4) is 17.2 Å². The Morgan fingerprint density at radius 3 is 2.44 bits per heavy atom. The highest BCUT2D eigenvalue weighted by Gasteiger charge is 2.13. The van der Waals surface area contributed by atoms with Gasteiger partial charge in [-0.15, -0.1) is 0 Å². The number of carbonyl (C=O) groups excluding carboxylic acids is 1. The molecule has 2 aromatic carbocycles. The number of para-hydroxylation sites is 2. The maximum Gasteiger partial charge on any atom is 0.387 e. The quantitative estimate of drug-likeness (QED) is 0.686. The van der Waals surface area contributed by atoms with Crippen molar-refractivity contribution in [2.24, 2.45) is 0 Å². The molecule has 0 heterocycles. The van der Waals surface area contributed by atoms with E-state index in [1.165, 1.54) is 12.1 Å². The molecule has 27 heavy (non-hydrogen) atoms. The molecule has 0 fully saturated rings. The van der Waals surface area contributed by atoms with Crippen molar-refractivity contribution < 1.29 is 27.8 Å². The van der Waals surface area contributed by atoms with Crippen LogP contribution >= 0.6 is 0 Å². The first kappa shape index (κ1) is 20.4. The van der Waals surface area contributed by atoms with Crippen LogP contribution in [0.25, 0.3) is 0 Å². The number of nitrogens with zero attached hydrogens (tertiary/aromatic N) is 1. The number of amides is 1. The van der Waals surface area contributed by atoms with Crippen LogP contribution in [0.1, 0.15) is 0 Å². The number of alkyl halides is 2. The average molecular weight is 380 g/mol. The third-order valence-corrected chi connectivity index (χ3v) is 3.59. The van der Waals surface area contributed by atoms with Gasteiger partial charge < -0.3 is 19.5 Å². The molecule has 0 aromatic heterocycles. The van der Waals surface area contributed by atoms with Crippen molar-refractivity contribution in [3.05, 3.63) is 48.5 Å². The van der Waals surface area contributed by atoms with Crippen molar-refractivity contribution >= 4 is 11.6 Å². The molecule has 8 heteroatoms. The number of nitrogens with one attached hydrogen (secondary N) is 1. The van der Waals surface area contributed by atoms with E-state index in [1.54, 1.807) is 55.5 Å². The van der Waals surface area contributed by atoms with Crippen molar-refractivity contribution in [2.45, 2.75) is 6.61 Å². The molecular formula is C19H22F2N2O4. The second kappa shape index (κ2) is 10.3. The van der Waals surface area contributed by atoms with E-state index in [0.29, 0.717) is 18.9 Å². The Morgan fingerprint density at radius 1 is 1.11 bits per heavy atom. The summed E-state index contributed by atoms with van der Waals surface area (Å²) < 4.78 is 39.9. The van der Waals surface area contributed by atoms with Crippen molar-refractivity contribution in [2.75, 3.05) is 39.2 Å². The lowest BCUT2D eigenvalue weighted by atomic mass is 10.3. The normalized spacial score (nSPS) is 10.7. The summed E-state index contributed by atoms with van der Waals surface area (Å²) in [5.41, 5.74) is 0.200. The topological polar surface area (TPSA) is 60.0 Å². The fraction of sp³-hybridized carbons (Fsp3) is 0.316. The molecule has 0 bridgehead atoms. The van der Waals surface area contributed by atoms with Crippen LogP contribution in [0.15, 0.2) is 48.5 Å². The summed E-state index contributed by atoms with van der Waals surface area (Å²) in [6.07, 6.45) is 0. The van der Waals surface area contributed by atoms with Crippen LogP contribution in [-0.4, -0.2) is 51.3 Å². The molecule has 0 spiro atoms. The Morgan fingerprint density at radius 2 is 1.78 bits per heavy atom. The van der Waals surface area contributed by atoms with Crippen molar-refractivity contribution in [1.29, 1.82) is 0 Å². The van der Waals surface area contributed by atoms with Gasteiger partial charge in [-0.05, 0) is 43.4 Å². The zero-order chi connectivity index (χ0) is 19.6. The molecular weight excluding hydrogens is 358 g/mol. The van der Waals surface area contributed by atoms with Crippen LogP contribution in [0.4, 0.5) is 14.5 Å². The Balaban J connectivity index is 1.76. The summed E-state index contributed by atoms with van der Waals surface area (Å²) in [5, 5.41) is 2.57. The molecule has 0 atom stereocenters. The maximum absolute atomic E-state index is 12.4. The molecule has 0 aliphatic rings. The van der Waals surface area contributed by atoms with E-state index in [0.717, 1.165) is 5.75 Å². The summed E-state index contributed by atoms with van der Waals surface area (Å²) in [7, 11) is 3.35. The van der Waals surface area contributed by atoms with Gasteiger partial charge in [0.25, 0.3) is 0 Å². The highest BCUT2D eigenvalue weighted by atomic mass is 19.3. The molecule has 2 rings (SSSR count). The van der Waals surface area contributed by atoms with E-state index in [9.17, 15) is 13.6 Å². The van der Waals surface area contributed by atoms with Gasteiger partial charge >= 0.3 is 6.61 Å². The van der Waals surface area contributed by atoms with Crippen molar-refractivity contribution in [3.63, 3.8) is 0 Å². The number of rotatable bonds is 10. The van der Waals surface area contributed by atoms with Gasteiger partial charge in [-0.1, -0.05) is 12.1 Å². The van der Waals surface area contributed by atoms with E-state index in [1.807, 2.05) is 0 Å². The molecule has 0 radical (unpaired) electrons. The number of likely N-dealkylation sites (N-methyl/N-ethyl adjacent to an activating group) is 1. The lowest BCUT2D eigenvalue weighted by Crippen LogP contribution is -2.33. The lowest BCUT2D eigenvalue weighted by molar-refractivity contribution is -0.117. The lowest BCUT2D eigenvalue weighted by Gasteiger charge is -2.17. The molecule has 1 amide bonds. The van der Waals surface area contributed by atoms with E-state index in [2.05, 4.69) is 10.1 Å². The van der Waals surface area contributed by atoms with Gasteiger partial charge in [-0.2, -0.15) is 8.78 Å². The summed E-state index contributed by atoms with van der Waals surface area (Å²) >= 11 is 0. The van der Waals surface area contributed by atoms with E-state index < -0.39 is 6.61 Å². The second-order valence-electron chi connectivity index (χ2n) is 5.68. The predicted molar refractivity (Wildman–Crippen MR) is 97.7 cm³/mol. The molecule has 2 aromatic rings. The molecule has 146 valence electrons. The minimum absolute atomic E-state index is 0.0775. The predicted octanol–water partition coefficient (Wildman–Crippen LogP) is 3.25. The van der Waals surface area contributed by atoms with E-state index >= 15 is 0 Å². The second-order valence-corrected chi connectivity index (χ2v) is 5.68. The highest BCUT2D eigenvalue weighted by Crippen LogP contribution is 2.25. The maximum atomic E-state index is 12.4. The summed E-state index contributed by atoms with van der Waals surface area (Å²) in [6, 6.07) is 13.2. The van der Waals surface area contributed by atoms with Crippen LogP contribution in [0.3, 0.4) is 0 Å². The molecule has 0 saturated carbocycles. The molecule has 6 nitrogen and oxygen atoms in total. The minimum atomic E-state index is -2.96. The zero-order valence-corrected chi connectivity index (χ0v) is 15.2. The van der Waals surface area contributed by atoms with Gasteiger partial charge in [0, 0.05) is 6.54 Å². The number of hydrogen-bond acceptors (Lipinski definition) is 5. The number of methoxy groups -OCH3 is 1. The van der Waals surface area contributed by atoms with Gasteiger partial charge in [-0.3, -0.25) is 9.69 Å². The van der Waals surface area contributed by atoms with Crippen LogP contribution in [0, 0.1) is 0 Å². The zero-order valence-electron chi connectivity index (χ0n) is 15.2. The van der Waals surface area contributed by atoms with Crippen LogP contribution in [0.5, 0.6) is 17.2 Å². The fourth-order valence-electron chi connectivity index (χ4n) is 2.27. The van der Waals surface area contributed by atoms with Gasteiger partial charge in [0.15, 0.2) is 0 Å². The smallest absolute Gasteiger partial charge is 0.387 e. The molecule has 1 N–H and O–H groups in total. The first-order valence-electron chi connectivity index (χ1n) is 8.27. The van der Waals surface area contributed by atoms with Gasteiger partial charge in [-0.25, -0.2) is 0 Å². The first-order valence-corrected chi connectivity index (χ1v) is 8.27. The number of anilines is 1. The number of ether oxygens (including phenoxy) is 3. The molecule has 0 saturated heterocycles. The monoisotopic (exact) mass is 380 g/mol. The Kier molecular flexibility index (Phi) is 7.81. The van der Waals surface area contributed by atoms with Crippen molar-refractivity contribution in [1.82, 2.24) is 4.90 Å². The number of benzene rings is 2. The number of halogens is 2. The first-order chi connectivity index (χ1) is 13.0. The minimum Gasteiger partial charge on any atom is -0.497 e. The standard InChI is InChI=1S/C19H22F2N2O4/c1-23(11-12-26-15-9-7-14(25-2)8-10-15)13-18(24)22-16-5-3-4-6-17(16)27-19(20)21/h3-10,19H,11-13H2,1-2H3,(H,22,24). The summed E-state index contributed by atoms with van der Waals surface area (Å²) in [6.45, 7) is -1.98. The average Bonchev–Trinajstić information content (AvgIpc) is 2.63. The summed E-state index contributed by atoms with van der Waals surface area (Å²) in [5.74, 6) is 1.03. The highest BCUT2D eigenvalue weighted by molar-refractivity contribution is 5.93. The van der Waals surface area contributed by atoms with Gasteiger partial charge in [0.1, 0.15) is 23.9 Å². The van der Waals surface area contributed by atoms with Gasteiger partial charge in [0.2, 0.25) is 5.91 Å². The largest absolute Gasteiger partial charge is 0.497 e. The fourth-order valence-corrected chi connectivity index (χ4v) is 2.27. The number of carbonyl (C=O) groups is 1. The number of hydrogen-bond donors (Lipinski definition) is 1. The SMILES string of the molecule is COc1ccc(OCCN(C)CC(=O)Nc2ccccc2OC(F)F)cc1. The van der Waals surface area contributed by atoms with Crippen LogP contribution < -0.4 is 19.5 Å². The van der Waals surface area contributed by atoms with E-state index in [4.69, 9.17) is 9.47 Å². The third-order valence-electron chi connectivity index (χ3n) is 3.59. The third kappa shape index (κ3) is 7.10. The van der Waals surface area contributed by atoms with Crippen LogP contribution in [-0.2, 0) is 4.79 Å². The van der Waals surface area contributed by atoms with E-state index in [-0.39, 0.29) is 23.9 Å². The van der Waals surface area contributed by atoms with Crippen LogP contribution in [0.2, 0.25) is 0 Å². The Labute approximate surface area is 156 Å². The molecule has 0 unspecified atom stereocenters. The summed E-state index contributed by atoms with van der Waals surface area (Å²) in [4.78, 5) is 13.9. The Hall–Kier alpha value is -2.87. The molecule has 0 aliphatic heterocycles.